The monoisotopic (exact) mass is 290 g/mol. The van der Waals surface area contributed by atoms with Gasteiger partial charge in [-0.25, -0.2) is 4.79 Å². The van der Waals surface area contributed by atoms with E-state index in [1.807, 2.05) is 6.92 Å². The van der Waals surface area contributed by atoms with Crippen LogP contribution in [-0.2, 0) is 0 Å². The lowest BCUT2D eigenvalue weighted by Crippen LogP contribution is -2.52. The van der Waals surface area contributed by atoms with Crippen LogP contribution in [0.5, 0.6) is 0 Å². The molecule has 6 heteroatoms. The summed E-state index contributed by atoms with van der Waals surface area (Å²) in [5.41, 5.74) is 7.93. The fourth-order valence-corrected chi connectivity index (χ4v) is 2.48. The smallest absolute Gasteiger partial charge is 0.319 e. The zero-order valence-electron chi connectivity index (χ0n) is 12.8. The molecule has 21 heavy (non-hydrogen) atoms. The quantitative estimate of drug-likeness (QED) is 0.785. The first-order valence-corrected chi connectivity index (χ1v) is 7.02. The number of aryl methyl sites for hydroxylation is 1. The summed E-state index contributed by atoms with van der Waals surface area (Å²) in [5, 5.41) is 0. The number of anilines is 1. The van der Waals surface area contributed by atoms with Gasteiger partial charge in [-0.3, -0.25) is 4.79 Å². The summed E-state index contributed by atoms with van der Waals surface area (Å²) < 4.78 is 0. The van der Waals surface area contributed by atoms with Crippen LogP contribution in [0.15, 0.2) is 18.2 Å². The Morgan fingerprint density at radius 1 is 1.10 bits per heavy atom. The molecule has 114 valence electrons. The third-order valence-electron chi connectivity index (χ3n) is 3.70. The maximum atomic E-state index is 12.5. The van der Waals surface area contributed by atoms with Gasteiger partial charge in [0.1, 0.15) is 0 Å². The molecule has 0 aromatic heterocycles. The summed E-state index contributed by atoms with van der Waals surface area (Å²) in [6.07, 6.45) is 0. The Labute approximate surface area is 125 Å². The van der Waals surface area contributed by atoms with Crippen LogP contribution in [-0.4, -0.2) is 66.9 Å². The van der Waals surface area contributed by atoms with Crippen LogP contribution in [0.4, 0.5) is 10.5 Å². The minimum atomic E-state index is -0.00855. The molecule has 1 aromatic carbocycles. The van der Waals surface area contributed by atoms with E-state index in [9.17, 15) is 9.59 Å². The van der Waals surface area contributed by atoms with Crippen molar-refractivity contribution in [3.8, 4) is 0 Å². The first-order valence-electron chi connectivity index (χ1n) is 7.02. The number of benzene rings is 1. The normalized spacial score (nSPS) is 15.0. The molecule has 0 radical (unpaired) electrons. The second-order valence-electron chi connectivity index (χ2n) is 5.53. The predicted octanol–water partition coefficient (Wildman–Crippen LogP) is 1.02. The lowest BCUT2D eigenvalue weighted by atomic mass is 10.1. The Morgan fingerprint density at radius 3 is 2.19 bits per heavy atom. The van der Waals surface area contributed by atoms with E-state index in [4.69, 9.17) is 5.73 Å². The van der Waals surface area contributed by atoms with Gasteiger partial charge in [0.25, 0.3) is 5.91 Å². The van der Waals surface area contributed by atoms with Crippen molar-refractivity contribution in [2.45, 2.75) is 6.92 Å². The molecule has 0 atom stereocenters. The topological polar surface area (TPSA) is 69.9 Å². The fraction of sp³-hybridized carbons (Fsp3) is 0.467. The van der Waals surface area contributed by atoms with Crippen molar-refractivity contribution >= 4 is 17.6 Å². The number of piperazine rings is 1. The Kier molecular flexibility index (Phi) is 4.35. The van der Waals surface area contributed by atoms with Crippen LogP contribution in [0.2, 0.25) is 0 Å². The van der Waals surface area contributed by atoms with E-state index < -0.39 is 0 Å². The number of hydrogen-bond acceptors (Lipinski definition) is 3. The van der Waals surface area contributed by atoms with E-state index in [-0.39, 0.29) is 11.9 Å². The van der Waals surface area contributed by atoms with Crippen molar-refractivity contribution in [2.75, 3.05) is 46.0 Å². The maximum absolute atomic E-state index is 12.5. The highest BCUT2D eigenvalue weighted by molar-refractivity contribution is 5.96. The maximum Gasteiger partial charge on any atom is 0.319 e. The van der Waals surface area contributed by atoms with E-state index in [1.54, 1.807) is 47.0 Å². The Morgan fingerprint density at radius 2 is 1.67 bits per heavy atom. The summed E-state index contributed by atoms with van der Waals surface area (Å²) in [6, 6.07) is 5.31. The summed E-state index contributed by atoms with van der Waals surface area (Å²) in [4.78, 5) is 29.5. The average Bonchev–Trinajstić information content (AvgIpc) is 2.46. The van der Waals surface area contributed by atoms with Gasteiger partial charge in [0, 0.05) is 51.5 Å². The van der Waals surface area contributed by atoms with Crippen molar-refractivity contribution in [1.82, 2.24) is 14.7 Å². The van der Waals surface area contributed by atoms with Gasteiger partial charge in [-0.2, -0.15) is 0 Å². The second-order valence-corrected chi connectivity index (χ2v) is 5.53. The van der Waals surface area contributed by atoms with Crippen molar-refractivity contribution < 1.29 is 9.59 Å². The van der Waals surface area contributed by atoms with Gasteiger partial charge >= 0.3 is 6.03 Å². The van der Waals surface area contributed by atoms with Crippen LogP contribution in [0.25, 0.3) is 0 Å². The van der Waals surface area contributed by atoms with Crippen LogP contribution in [0.3, 0.4) is 0 Å². The fourth-order valence-electron chi connectivity index (χ4n) is 2.48. The molecule has 2 rings (SSSR count). The largest absolute Gasteiger partial charge is 0.399 e. The number of nitrogens with zero attached hydrogens (tertiary/aromatic N) is 3. The summed E-state index contributed by atoms with van der Waals surface area (Å²) in [7, 11) is 3.47. The second kappa shape index (κ2) is 6.03. The molecule has 1 aliphatic heterocycles. The summed E-state index contributed by atoms with van der Waals surface area (Å²) in [6.45, 7) is 4.13. The summed E-state index contributed by atoms with van der Waals surface area (Å²) >= 11 is 0. The number of carbonyl (C=O) groups is 2. The van der Waals surface area contributed by atoms with Crippen molar-refractivity contribution in [1.29, 1.82) is 0 Å². The minimum absolute atomic E-state index is 0.00412. The molecule has 3 amide bonds. The number of urea groups is 1. The van der Waals surface area contributed by atoms with Crippen molar-refractivity contribution in [2.24, 2.45) is 0 Å². The number of rotatable bonds is 1. The third-order valence-corrected chi connectivity index (χ3v) is 3.70. The van der Waals surface area contributed by atoms with Crippen molar-refractivity contribution in [3.63, 3.8) is 0 Å². The van der Waals surface area contributed by atoms with Gasteiger partial charge in [-0.1, -0.05) is 0 Å². The SMILES string of the molecule is Cc1cc(N)ccc1C(=O)N1CCN(C(=O)N(C)C)CC1. The summed E-state index contributed by atoms with van der Waals surface area (Å²) in [5.74, 6) is 0.00412. The molecule has 1 fully saturated rings. The zero-order valence-corrected chi connectivity index (χ0v) is 12.8. The molecule has 0 saturated carbocycles. The van der Waals surface area contributed by atoms with E-state index in [0.717, 1.165) is 5.56 Å². The number of amides is 3. The standard InChI is InChI=1S/C15H22N4O2/c1-11-10-12(16)4-5-13(11)14(20)18-6-8-19(9-7-18)15(21)17(2)3/h4-5,10H,6-9,16H2,1-3H3. The van der Waals surface area contributed by atoms with Crippen molar-refractivity contribution in [3.05, 3.63) is 29.3 Å². The van der Waals surface area contributed by atoms with Gasteiger partial charge in [0.2, 0.25) is 0 Å². The molecule has 0 unspecified atom stereocenters. The van der Waals surface area contributed by atoms with Crippen LogP contribution < -0.4 is 5.73 Å². The molecular weight excluding hydrogens is 268 g/mol. The van der Waals surface area contributed by atoms with Crippen LogP contribution in [0, 0.1) is 6.92 Å². The lowest BCUT2D eigenvalue weighted by molar-refractivity contribution is 0.0649. The highest BCUT2D eigenvalue weighted by Crippen LogP contribution is 2.16. The number of nitrogen functional groups attached to an aromatic ring is 1. The van der Waals surface area contributed by atoms with Gasteiger partial charge in [0.15, 0.2) is 0 Å². The molecule has 1 aliphatic rings. The van der Waals surface area contributed by atoms with E-state index in [2.05, 4.69) is 0 Å². The molecule has 0 spiro atoms. The molecular formula is C15H22N4O2. The first kappa shape index (κ1) is 15.2. The third kappa shape index (κ3) is 3.26. The highest BCUT2D eigenvalue weighted by atomic mass is 16.2. The molecule has 1 saturated heterocycles. The Balaban J connectivity index is 2.02. The predicted molar refractivity (Wildman–Crippen MR) is 82.2 cm³/mol. The van der Waals surface area contributed by atoms with E-state index >= 15 is 0 Å². The lowest BCUT2D eigenvalue weighted by Gasteiger charge is -2.36. The molecule has 1 heterocycles. The number of nitrogens with two attached hydrogens (primary N) is 1. The van der Waals surface area contributed by atoms with Crippen LogP contribution in [0.1, 0.15) is 15.9 Å². The van der Waals surface area contributed by atoms with Gasteiger partial charge in [-0.15, -0.1) is 0 Å². The molecule has 2 N–H and O–H groups in total. The van der Waals surface area contributed by atoms with Gasteiger partial charge in [-0.05, 0) is 30.7 Å². The molecule has 6 nitrogen and oxygen atoms in total. The first-order chi connectivity index (χ1) is 9.90. The number of hydrogen-bond donors (Lipinski definition) is 1. The van der Waals surface area contributed by atoms with Crippen LogP contribution >= 0.6 is 0 Å². The molecule has 1 aromatic rings. The average molecular weight is 290 g/mol. The Bertz CT molecular complexity index is 549. The van der Waals surface area contributed by atoms with Gasteiger partial charge < -0.3 is 20.4 Å². The highest BCUT2D eigenvalue weighted by Gasteiger charge is 2.26. The van der Waals surface area contributed by atoms with E-state index in [1.165, 1.54) is 0 Å². The molecule has 0 bridgehead atoms. The Hall–Kier alpha value is -2.24. The molecule has 0 aliphatic carbocycles. The van der Waals surface area contributed by atoms with Gasteiger partial charge in [0.05, 0.1) is 0 Å². The minimum Gasteiger partial charge on any atom is -0.399 e. The number of carbonyl (C=O) groups excluding carboxylic acids is 2. The van der Waals surface area contributed by atoms with E-state index in [0.29, 0.717) is 37.4 Å². The zero-order chi connectivity index (χ0) is 15.6.